The lowest BCUT2D eigenvalue weighted by atomic mass is 9.69. The lowest BCUT2D eigenvalue weighted by Crippen LogP contribution is -2.51. The highest BCUT2D eigenvalue weighted by molar-refractivity contribution is 6.66. The summed E-state index contributed by atoms with van der Waals surface area (Å²) in [5.74, 6) is -0.144. The van der Waals surface area contributed by atoms with Gasteiger partial charge in [-0.2, -0.15) is 0 Å². The Balaban J connectivity index is 1.82. The standard InChI is InChI=1S/C16H24B2O6/c1-15(2)7-21-17(22-8-15)11-5-12(14(20)6-13(11)19)18-23-9-16(3,4)10-24-18/h5-6,19-20H,7-10H2,1-4H3. The van der Waals surface area contributed by atoms with E-state index in [0.717, 1.165) is 0 Å². The SMILES string of the molecule is CC1(C)COB(c2cc(B3OCC(C)(C)CO3)c(O)cc2O)OC1. The average molecular weight is 334 g/mol. The highest BCUT2D eigenvalue weighted by atomic mass is 16.6. The third-order valence-corrected chi connectivity index (χ3v) is 4.19. The Hall–Kier alpha value is -1.21. The van der Waals surface area contributed by atoms with Crippen molar-refractivity contribution in [3.8, 4) is 11.5 Å². The number of hydrogen-bond donors (Lipinski definition) is 2. The second-order valence-corrected chi connectivity index (χ2v) is 8.21. The maximum Gasteiger partial charge on any atom is 0.497 e. The van der Waals surface area contributed by atoms with Gasteiger partial charge in [0.15, 0.2) is 0 Å². The number of rotatable bonds is 2. The van der Waals surface area contributed by atoms with E-state index in [4.69, 9.17) is 18.6 Å². The molecule has 2 fully saturated rings. The van der Waals surface area contributed by atoms with Crippen LogP contribution in [0.4, 0.5) is 0 Å². The van der Waals surface area contributed by atoms with Crippen LogP contribution in [-0.4, -0.2) is 50.9 Å². The molecule has 130 valence electrons. The zero-order valence-corrected chi connectivity index (χ0v) is 14.7. The summed E-state index contributed by atoms with van der Waals surface area (Å²) >= 11 is 0. The number of phenolic OH excluding ortho intramolecular Hbond substituents is 2. The molecule has 2 saturated heterocycles. The molecule has 0 aromatic heterocycles. The van der Waals surface area contributed by atoms with E-state index < -0.39 is 14.2 Å². The molecule has 2 aliphatic heterocycles. The second-order valence-electron chi connectivity index (χ2n) is 8.21. The molecule has 2 aliphatic rings. The second kappa shape index (κ2) is 6.26. The molecule has 1 aromatic rings. The van der Waals surface area contributed by atoms with Crippen LogP contribution in [-0.2, 0) is 18.6 Å². The Morgan fingerprint density at radius 1 is 0.708 bits per heavy atom. The number of benzene rings is 1. The van der Waals surface area contributed by atoms with Crippen LogP contribution in [0.25, 0.3) is 0 Å². The molecule has 1 aromatic carbocycles. The van der Waals surface area contributed by atoms with Gasteiger partial charge in [0, 0.05) is 54.2 Å². The molecule has 2 heterocycles. The number of hydrogen-bond acceptors (Lipinski definition) is 6. The molecule has 24 heavy (non-hydrogen) atoms. The van der Waals surface area contributed by atoms with Gasteiger partial charge in [-0.3, -0.25) is 0 Å². The van der Waals surface area contributed by atoms with Crippen LogP contribution in [0.15, 0.2) is 12.1 Å². The predicted molar refractivity (Wildman–Crippen MR) is 91.9 cm³/mol. The van der Waals surface area contributed by atoms with Gasteiger partial charge >= 0.3 is 14.2 Å². The summed E-state index contributed by atoms with van der Waals surface area (Å²) in [6.45, 7) is 10.3. The summed E-state index contributed by atoms with van der Waals surface area (Å²) in [5.41, 5.74) is 0.811. The fourth-order valence-corrected chi connectivity index (χ4v) is 2.73. The quantitative estimate of drug-likeness (QED) is 0.773. The predicted octanol–water partition coefficient (Wildman–Crippen LogP) is 0.634. The van der Waals surface area contributed by atoms with Crippen LogP contribution in [0.2, 0.25) is 0 Å². The summed E-state index contributed by atoms with van der Waals surface area (Å²) in [5, 5.41) is 20.4. The van der Waals surface area contributed by atoms with E-state index in [2.05, 4.69) is 27.7 Å². The molecule has 3 rings (SSSR count). The van der Waals surface area contributed by atoms with Crippen molar-refractivity contribution in [2.24, 2.45) is 10.8 Å². The minimum atomic E-state index is -0.669. The summed E-state index contributed by atoms with van der Waals surface area (Å²) in [6, 6.07) is 2.92. The van der Waals surface area contributed by atoms with Gasteiger partial charge in [-0.05, 0) is 0 Å². The molecule has 0 amide bonds. The molecule has 0 atom stereocenters. The largest absolute Gasteiger partial charge is 0.508 e. The van der Waals surface area contributed by atoms with Crippen molar-refractivity contribution in [2.75, 3.05) is 26.4 Å². The van der Waals surface area contributed by atoms with E-state index in [1.54, 1.807) is 6.07 Å². The van der Waals surface area contributed by atoms with E-state index in [1.165, 1.54) is 6.07 Å². The molecular weight excluding hydrogens is 310 g/mol. The molecule has 2 N–H and O–H groups in total. The van der Waals surface area contributed by atoms with Crippen molar-refractivity contribution in [1.29, 1.82) is 0 Å². The first-order chi connectivity index (χ1) is 11.2. The fourth-order valence-electron chi connectivity index (χ4n) is 2.73. The van der Waals surface area contributed by atoms with Crippen molar-refractivity contribution in [2.45, 2.75) is 27.7 Å². The Morgan fingerprint density at radius 3 is 1.38 bits per heavy atom. The first-order valence-electron chi connectivity index (χ1n) is 8.19. The Bertz CT molecular complexity index is 550. The van der Waals surface area contributed by atoms with Gasteiger partial charge in [0.2, 0.25) is 0 Å². The van der Waals surface area contributed by atoms with Gasteiger partial charge in [0.1, 0.15) is 11.5 Å². The third kappa shape index (κ3) is 3.72. The number of phenols is 2. The zero-order chi connectivity index (χ0) is 17.5. The maximum absolute atomic E-state index is 10.2. The zero-order valence-electron chi connectivity index (χ0n) is 14.7. The van der Waals surface area contributed by atoms with Gasteiger partial charge in [0.25, 0.3) is 0 Å². The van der Waals surface area contributed by atoms with Crippen LogP contribution in [0.1, 0.15) is 27.7 Å². The van der Waals surface area contributed by atoms with Gasteiger partial charge in [-0.15, -0.1) is 0 Å². The highest BCUT2D eigenvalue weighted by Crippen LogP contribution is 2.25. The summed E-state index contributed by atoms with van der Waals surface area (Å²) in [4.78, 5) is 0. The van der Waals surface area contributed by atoms with Crippen LogP contribution in [0.3, 0.4) is 0 Å². The maximum atomic E-state index is 10.2. The van der Waals surface area contributed by atoms with Crippen molar-refractivity contribution < 1.29 is 28.8 Å². The van der Waals surface area contributed by atoms with Crippen LogP contribution >= 0.6 is 0 Å². The average Bonchev–Trinajstić information content (AvgIpc) is 2.49. The van der Waals surface area contributed by atoms with E-state index in [0.29, 0.717) is 37.4 Å². The van der Waals surface area contributed by atoms with Crippen LogP contribution in [0, 0.1) is 10.8 Å². The van der Waals surface area contributed by atoms with Crippen molar-refractivity contribution in [1.82, 2.24) is 0 Å². The normalized spacial score (nSPS) is 23.3. The molecule has 0 spiro atoms. The Kier molecular flexibility index (Phi) is 4.59. The minimum Gasteiger partial charge on any atom is -0.508 e. The molecule has 0 unspecified atom stereocenters. The first kappa shape index (κ1) is 17.6. The lowest BCUT2D eigenvalue weighted by Gasteiger charge is -2.34. The molecule has 0 radical (unpaired) electrons. The Morgan fingerprint density at radius 2 is 1.04 bits per heavy atom. The molecule has 0 saturated carbocycles. The minimum absolute atomic E-state index is 0.0625. The van der Waals surface area contributed by atoms with Crippen LogP contribution < -0.4 is 10.9 Å². The van der Waals surface area contributed by atoms with Crippen LogP contribution in [0.5, 0.6) is 11.5 Å². The van der Waals surface area contributed by atoms with Crippen molar-refractivity contribution in [3.63, 3.8) is 0 Å². The van der Waals surface area contributed by atoms with Gasteiger partial charge in [0.05, 0.1) is 0 Å². The summed E-state index contributed by atoms with van der Waals surface area (Å²) < 4.78 is 22.9. The summed E-state index contributed by atoms with van der Waals surface area (Å²) in [7, 11) is -1.34. The monoisotopic (exact) mass is 334 g/mol. The van der Waals surface area contributed by atoms with E-state index in [9.17, 15) is 10.2 Å². The topological polar surface area (TPSA) is 77.4 Å². The lowest BCUT2D eigenvalue weighted by molar-refractivity contribution is 0.0336. The first-order valence-corrected chi connectivity index (χ1v) is 8.19. The molecular formula is C16H24B2O6. The Labute approximate surface area is 143 Å². The van der Waals surface area contributed by atoms with Gasteiger partial charge < -0.3 is 28.8 Å². The fraction of sp³-hybridized carbons (Fsp3) is 0.625. The van der Waals surface area contributed by atoms with Gasteiger partial charge in [-0.1, -0.05) is 33.8 Å². The number of aromatic hydroxyl groups is 2. The highest BCUT2D eigenvalue weighted by Gasteiger charge is 2.39. The third-order valence-electron chi connectivity index (χ3n) is 4.19. The molecule has 8 heteroatoms. The van der Waals surface area contributed by atoms with E-state index in [-0.39, 0.29) is 22.3 Å². The van der Waals surface area contributed by atoms with Crippen molar-refractivity contribution in [3.05, 3.63) is 12.1 Å². The van der Waals surface area contributed by atoms with E-state index >= 15 is 0 Å². The smallest absolute Gasteiger partial charge is 0.497 e. The molecule has 6 nitrogen and oxygen atoms in total. The van der Waals surface area contributed by atoms with E-state index in [1.807, 2.05) is 0 Å². The summed E-state index contributed by atoms with van der Waals surface area (Å²) in [6.07, 6.45) is 0. The van der Waals surface area contributed by atoms with Gasteiger partial charge in [-0.25, -0.2) is 0 Å². The van der Waals surface area contributed by atoms with Crippen molar-refractivity contribution >= 4 is 25.2 Å². The molecule has 0 bridgehead atoms. The molecule has 0 aliphatic carbocycles.